The number of nitrogens with zero attached hydrogens (tertiary/aromatic N) is 1. The Hall–Kier alpha value is -1.42. The van der Waals surface area contributed by atoms with Gasteiger partial charge < -0.3 is 10.6 Å². The molecule has 1 aromatic rings. The van der Waals surface area contributed by atoms with E-state index in [1.165, 1.54) is 18.9 Å². The molecule has 1 amide bonds. The standard InChI is InChI=1S/C20H29FN2O/c21-17-7-3-5-15(13-17)11-12-23(18-8-1-2-9-18)20(24)14-16-6-4-10-19(16)22/h3,5,7,13,16,18-19H,1-2,4,6,8-12,14,22H2/t16-,19+/m0/s1. The SMILES string of the molecule is N[C@@H]1CCC[C@H]1CC(=O)N(CCc1cccc(F)c1)C1CCCC1. The van der Waals surface area contributed by atoms with Crippen molar-refractivity contribution in [1.29, 1.82) is 0 Å². The maximum atomic E-state index is 13.4. The average Bonchev–Trinajstić information content (AvgIpc) is 3.21. The molecule has 2 saturated carbocycles. The molecular formula is C20H29FN2O. The molecule has 3 rings (SSSR count). The van der Waals surface area contributed by atoms with Gasteiger partial charge in [-0.1, -0.05) is 31.4 Å². The molecule has 3 nitrogen and oxygen atoms in total. The highest BCUT2D eigenvalue weighted by molar-refractivity contribution is 5.77. The summed E-state index contributed by atoms with van der Waals surface area (Å²) in [5.41, 5.74) is 7.11. The first-order valence-corrected chi connectivity index (χ1v) is 9.43. The van der Waals surface area contributed by atoms with Gasteiger partial charge >= 0.3 is 0 Å². The summed E-state index contributed by atoms with van der Waals surface area (Å²) in [6.07, 6.45) is 9.19. The van der Waals surface area contributed by atoms with Gasteiger partial charge in [0.05, 0.1) is 0 Å². The van der Waals surface area contributed by atoms with Crippen LogP contribution in [0.2, 0.25) is 0 Å². The van der Waals surface area contributed by atoms with Crippen LogP contribution >= 0.6 is 0 Å². The average molecular weight is 332 g/mol. The lowest BCUT2D eigenvalue weighted by Gasteiger charge is -2.31. The highest BCUT2D eigenvalue weighted by atomic mass is 19.1. The fourth-order valence-electron chi connectivity index (χ4n) is 4.33. The predicted molar refractivity (Wildman–Crippen MR) is 94.0 cm³/mol. The van der Waals surface area contributed by atoms with Gasteiger partial charge in [-0.05, 0) is 55.7 Å². The number of carbonyl (C=O) groups excluding carboxylic acids is 1. The van der Waals surface area contributed by atoms with E-state index in [9.17, 15) is 9.18 Å². The lowest BCUT2D eigenvalue weighted by atomic mass is 9.98. The third-order valence-electron chi connectivity index (χ3n) is 5.77. The van der Waals surface area contributed by atoms with Crippen molar-refractivity contribution in [1.82, 2.24) is 4.90 Å². The Morgan fingerprint density at radius 2 is 1.96 bits per heavy atom. The number of hydrogen-bond acceptors (Lipinski definition) is 2. The summed E-state index contributed by atoms with van der Waals surface area (Å²) in [5.74, 6) is 0.388. The number of rotatable bonds is 6. The monoisotopic (exact) mass is 332 g/mol. The Labute approximate surface area is 144 Å². The Morgan fingerprint density at radius 1 is 1.17 bits per heavy atom. The fraction of sp³-hybridized carbons (Fsp3) is 0.650. The molecule has 0 aromatic heterocycles. The minimum Gasteiger partial charge on any atom is -0.339 e. The number of hydrogen-bond donors (Lipinski definition) is 1. The maximum absolute atomic E-state index is 13.4. The van der Waals surface area contributed by atoms with Crippen molar-refractivity contribution in [2.24, 2.45) is 11.7 Å². The van der Waals surface area contributed by atoms with Crippen molar-refractivity contribution < 1.29 is 9.18 Å². The van der Waals surface area contributed by atoms with Gasteiger partial charge in [-0.3, -0.25) is 4.79 Å². The van der Waals surface area contributed by atoms with E-state index in [0.29, 0.717) is 24.9 Å². The molecule has 0 aliphatic heterocycles. The summed E-state index contributed by atoms with van der Waals surface area (Å²) < 4.78 is 13.4. The number of nitrogens with two attached hydrogens (primary N) is 1. The van der Waals surface area contributed by atoms with Crippen LogP contribution in [0.25, 0.3) is 0 Å². The largest absolute Gasteiger partial charge is 0.339 e. The highest BCUT2D eigenvalue weighted by Gasteiger charge is 2.31. The van der Waals surface area contributed by atoms with Gasteiger partial charge in [0.2, 0.25) is 5.91 Å². The van der Waals surface area contributed by atoms with Gasteiger partial charge in [0.25, 0.3) is 0 Å². The predicted octanol–water partition coefficient (Wildman–Crippen LogP) is 3.66. The Morgan fingerprint density at radius 3 is 2.62 bits per heavy atom. The van der Waals surface area contributed by atoms with E-state index in [0.717, 1.165) is 44.1 Å². The maximum Gasteiger partial charge on any atom is 0.223 e. The Kier molecular flexibility index (Phi) is 5.88. The zero-order valence-electron chi connectivity index (χ0n) is 14.4. The fourth-order valence-corrected chi connectivity index (χ4v) is 4.33. The highest BCUT2D eigenvalue weighted by Crippen LogP contribution is 2.30. The first-order chi connectivity index (χ1) is 11.6. The van der Waals surface area contributed by atoms with Crippen molar-refractivity contribution in [3.05, 3.63) is 35.6 Å². The van der Waals surface area contributed by atoms with Crippen LogP contribution in [-0.4, -0.2) is 29.4 Å². The smallest absolute Gasteiger partial charge is 0.223 e. The molecule has 0 heterocycles. The quantitative estimate of drug-likeness (QED) is 0.864. The van der Waals surface area contributed by atoms with Crippen molar-refractivity contribution >= 4 is 5.91 Å². The molecule has 2 aliphatic rings. The van der Waals surface area contributed by atoms with Crippen LogP contribution in [0.5, 0.6) is 0 Å². The topological polar surface area (TPSA) is 46.3 Å². The van der Waals surface area contributed by atoms with Crippen molar-refractivity contribution in [2.45, 2.75) is 69.9 Å². The van der Waals surface area contributed by atoms with E-state index in [-0.39, 0.29) is 17.8 Å². The summed E-state index contributed by atoms with van der Waals surface area (Å²) in [4.78, 5) is 15.0. The van der Waals surface area contributed by atoms with Gasteiger partial charge in [-0.15, -0.1) is 0 Å². The van der Waals surface area contributed by atoms with E-state index in [1.807, 2.05) is 6.07 Å². The van der Waals surface area contributed by atoms with Crippen LogP contribution < -0.4 is 5.73 Å². The normalized spacial score (nSPS) is 24.4. The Bertz CT molecular complexity index is 556. The second-order valence-corrected chi connectivity index (χ2v) is 7.46. The third-order valence-corrected chi connectivity index (χ3v) is 5.77. The molecule has 2 aliphatic carbocycles. The van der Waals surface area contributed by atoms with Gasteiger partial charge in [0.15, 0.2) is 0 Å². The number of carbonyl (C=O) groups is 1. The van der Waals surface area contributed by atoms with Crippen LogP contribution in [-0.2, 0) is 11.2 Å². The van der Waals surface area contributed by atoms with Gasteiger partial charge in [0, 0.05) is 25.0 Å². The molecule has 0 radical (unpaired) electrons. The van der Waals surface area contributed by atoms with Crippen LogP contribution in [0.15, 0.2) is 24.3 Å². The summed E-state index contributed by atoms with van der Waals surface area (Å²) in [7, 11) is 0. The molecule has 1 aromatic carbocycles. The lowest BCUT2D eigenvalue weighted by Crippen LogP contribution is -2.42. The van der Waals surface area contributed by atoms with Crippen LogP contribution in [0, 0.1) is 11.7 Å². The van der Waals surface area contributed by atoms with Gasteiger partial charge in [0.1, 0.15) is 5.82 Å². The molecule has 24 heavy (non-hydrogen) atoms. The second-order valence-electron chi connectivity index (χ2n) is 7.46. The minimum absolute atomic E-state index is 0.183. The van der Waals surface area contributed by atoms with Gasteiger partial charge in [-0.25, -0.2) is 4.39 Å². The van der Waals surface area contributed by atoms with E-state index in [2.05, 4.69) is 4.90 Å². The van der Waals surface area contributed by atoms with Crippen LogP contribution in [0.1, 0.15) is 56.9 Å². The molecule has 0 spiro atoms. The van der Waals surface area contributed by atoms with Gasteiger partial charge in [-0.2, -0.15) is 0 Å². The summed E-state index contributed by atoms with van der Waals surface area (Å²) in [5, 5.41) is 0. The zero-order chi connectivity index (χ0) is 16.9. The summed E-state index contributed by atoms with van der Waals surface area (Å²) >= 11 is 0. The van der Waals surface area contributed by atoms with E-state index in [1.54, 1.807) is 12.1 Å². The molecule has 0 unspecified atom stereocenters. The van der Waals surface area contributed by atoms with E-state index >= 15 is 0 Å². The first-order valence-electron chi connectivity index (χ1n) is 9.43. The van der Waals surface area contributed by atoms with Crippen molar-refractivity contribution in [2.75, 3.05) is 6.54 Å². The van der Waals surface area contributed by atoms with Crippen LogP contribution in [0.3, 0.4) is 0 Å². The second kappa shape index (κ2) is 8.11. The van der Waals surface area contributed by atoms with E-state index in [4.69, 9.17) is 5.73 Å². The molecule has 4 heteroatoms. The number of amides is 1. The Balaban J connectivity index is 1.63. The number of benzene rings is 1. The van der Waals surface area contributed by atoms with Crippen molar-refractivity contribution in [3.8, 4) is 0 Å². The molecule has 2 fully saturated rings. The third kappa shape index (κ3) is 4.35. The molecule has 2 atom stereocenters. The molecular weight excluding hydrogens is 303 g/mol. The molecule has 0 bridgehead atoms. The summed E-state index contributed by atoms with van der Waals surface area (Å²) in [6.45, 7) is 0.689. The zero-order valence-corrected chi connectivity index (χ0v) is 14.4. The molecule has 0 saturated heterocycles. The minimum atomic E-state index is -0.205. The molecule has 2 N–H and O–H groups in total. The van der Waals surface area contributed by atoms with Crippen LogP contribution in [0.4, 0.5) is 4.39 Å². The lowest BCUT2D eigenvalue weighted by molar-refractivity contribution is -0.134. The number of halogens is 1. The molecule has 132 valence electrons. The first kappa shape index (κ1) is 17.4. The summed E-state index contributed by atoms with van der Waals surface area (Å²) in [6, 6.07) is 7.26. The van der Waals surface area contributed by atoms with Crippen molar-refractivity contribution in [3.63, 3.8) is 0 Å². The van der Waals surface area contributed by atoms with E-state index < -0.39 is 0 Å².